The lowest BCUT2D eigenvalue weighted by Gasteiger charge is -2.30. The maximum atomic E-state index is 13.4. The second kappa shape index (κ2) is 8.51. The van der Waals surface area contributed by atoms with E-state index in [-0.39, 0.29) is 28.1 Å². The quantitative estimate of drug-likeness (QED) is 0.681. The first-order valence-electron chi connectivity index (χ1n) is 11.4. The Hall–Kier alpha value is -2.69. The number of benzene rings is 1. The molecule has 1 aromatic carbocycles. The van der Waals surface area contributed by atoms with Gasteiger partial charge in [-0.3, -0.25) is 4.79 Å². The van der Waals surface area contributed by atoms with Gasteiger partial charge in [0.25, 0.3) is 5.91 Å². The Morgan fingerprint density at radius 2 is 1.71 bits per heavy atom. The second-order valence-electron chi connectivity index (χ2n) is 9.87. The van der Waals surface area contributed by atoms with Crippen LogP contribution in [0.3, 0.4) is 0 Å². The zero-order valence-electron chi connectivity index (χ0n) is 19.9. The first-order valence-corrected chi connectivity index (χ1v) is 12.9. The van der Waals surface area contributed by atoms with Crippen LogP contribution in [-0.2, 0) is 22.0 Å². The van der Waals surface area contributed by atoms with Crippen molar-refractivity contribution in [1.29, 1.82) is 0 Å². The normalized spacial score (nSPS) is 18.3. The molecule has 2 aromatic rings. The van der Waals surface area contributed by atoms with Gasteiger partial charge in [-0.2, -0.15) is 4.31 Å². The van der Waals surface area contributed by atoms with Crippen LogP contribution in [0.25, 0.3) is 0 Å². The number of amides is 2. The highest BCUT2D eigenvalue weighted by Crippen LogP contribution is 2.40. The highest BCUT2D eigenvalue weighted by atomic mass is 32.2. The summed E-state index contributed by atoms with van der Waals surface area (Å²) in [5.74, 6) is -0.700. The van der Waals surface area contributed by atoms with Crippen molar-refractivity contribution in [3.05, 3.63) is 52.3 Å². The summed E-state index contributed by atoms with van der Waals surface area (Å²) >= 11 is 0. The molecule has 1 saturated heterocycles. The third kappa shape index (κ3) is 3.83. The van der Waals surface area contributed by atoms with Crippen LogP contribution in [0.15, 0.2) is 29.2 Å². The van der Waals surface area contributed by atoms with E-state index in [0.29, 0.717) is 30.9 Å². The van der Waals surface area contributed by atoms with Crippen LogP contribution in [0.5, 0.6) is 0 Å². The summed E-state index contributed by atoms with van der Waals surface area (Å²) in [6, 6.07) is 6.28. The van der Waals surface area contributed by atoms with Crippen molar-refractivity contribution in [2.45, 2.75) is 63.5 Å². The van der Waals surface area contributed by atoms with Crippen molar-refractivity contribution >= 4 is 22.0 Å². The highest BCUT2D eigenvalue weighted by Gasteiger charge is 2.41. The molecule has 0 bridgehead atoms. The smallest absolute Gasteiger partial charge is 0.414 e. The maximum absolute atomic E-state index is 13.4. The Morgan fingerprint density at radius 1 is 1.09 bits per heavy atom. The van der Waals surface area contributed by atoms with E-state index >= 15 is 0 Å². The molecule has 9 nitrogen and oxygen atoms in total. The molecule has 2 aliphatic rings. The van der Waals surface area contributed by atoms with Crippen LogP contribution in [0, 0.1) is 6.92 Å². The molecular weight excluding hydrogens is 458 g/mol. The molecular formula is C24H31N3O6S. The number of aliphatic hydroxyl groups is 1. The number of carbonyl (C=O) groups is 2. The number of aliphatic hydroxyl groups excluding tert-OH is 1. The van der Waals surface area contributed by atoms with Crippen LogP contribution in [0.2, 0.25) is 0 Å². The topological polar surface area (TPSA) is 120 Å². The Balaban J connectivity index is 1.93. The molecule has 10 heteroatoms. The molecule has 2 amide bonds. The van der Waals surface area contributed by atoms with Crippen LogP contribution in [-0.4, -0.2) is 64.0 Å². The first-order chi connectivity index (χ1) is 15.9. The monoisotopic (exact) mass is 489 g/mol. The van der Waals surface area contributed by atoms with Gasteiger partial charge in [0.15, 0.2) is 0 Å². The van der Waals surface area contributed by atoms with Crippen molar-refractivity contribution in [2.75, 3.05) is 19.6 Å². The van der Waals surface area contributed by atoms with Crippen LogP contribution in [0.1, 0.15) is 72.6 Å². The van der Waals surface area contributed by atoms with Crippen molar-refractivity contribution in [3.63, 3.8) is 0 Å². The summed E-state index contributed by atoms with van der Waals surface area (Å²) in [5.41, 5.74) is 1.39. The molecule has 1 unspecified atom stereocenters. The van der Waals surface area contributed by atoms with Gasteiger partial charge in [-0.15, -0.1) is 0 Å². The number of hydrogen-bond acceptors (Lipinski definition) is 5. The number of rotatable bonds is 4. The molecule has 2 aliphatic heterocycles. The van der Waals surface area contributed by atoms with Gasteiger partial charge >= 0.3 is 6.09 Å². The number of imide groups is 1. The molecule has 1 aromatic heterocycles. The Labute approximate surface area is 199 Å². The Morgan fingerprint density at radius 3 is 2.29 bits per heavy atom. The largest absolute Gasteiger partial charge is 0.465 e. The Bertz CT molecular complexity index is 1250. The van der Waals surface area contributed by atoms with Gasteiger partial charge in [-0.25, -0.2) is 18.1 Å². The van der Waals surface area contributed by atoms with Crippen LogP contribution < -0.4 is 0 Å². The lowest BCUT2D eigenvalue weighted by Crippen LogP contribution is -2.42. The van der Waals surface area contributed by atoms with E-state index in [9.17, 15) is 28.2 Å². The van der Waals surface area contributed by atoms with Gasteiger partial charge < -0.3 is 14.8 Å². The fourth-order valence-electron chi connectivity index (χ4n) is 5.29. The number of carboxylic acid groups (broad SMARTS) is 1. The summed E-state index contributed by atoms with van der Waals surface area (Å²) in [6.45, 7) is 8.55. The van der Waals surface area contributed by atoms with E-state index in [1.54, 1.807) is 25.1 Å². The molecule has 2 N–H and O–H groups in total. The predicted octanol–water partition coefficient (Wildman–Crippen LogP) is 3.09. The summed E-state index contributed by atoms with van der Waals surface area (Å²) in [5, 5.41) is 21.2. The van der Waals surface area contributed by atoms with Gasteiger partial charge in [0.05, 0.1) is 10.5 Å². The van der Waals surface area contributed by atoms with E-state index < -0.39 is 33.7 Å². The summed E-state index contributed by atoms with van der Waals surface area (Å²) in [7, 11) is -3.84. The molecule has 4 rings (SSSR count). The third-order valence-electron chi connectivity index (χ3n) is 6.66. The molecule has 0 aliphatic carbocycles. The zero-order valence-corrected chi connectivity index (χ0v) is 20.7. The molecule has 3 heterocycles. The van der Waals surface area contributed by atoms with Crippen molar-refractivity contribution in [3.8, 4) is 0 Å². The predicted molar refractivity (Wildman–Crippen MR) is 125 cm³/mol. The number of fused-ring (bicyclic) bond motifs is 1. The Kier molecular flexibility index (Phi) is 6.12. The van der Waals surface area contributed by atoms with E-state index in [4.69, 9.17) is 0 Å². The fraction of sp³-hybridized carbons (Fsp3) is 0.500. The van der Waals surface area contributed by atoms with Gasteiger partial charge in [-0.1, -0.05) is 18.2 Å². The second-order valence-corrected chi connectivity index (χ2v) is 11.8. The highest BCUT2D eigenvalue weighted by molar-refractivity contribution is 7.89. The molecule has 1 fully saturated rings. The van der Waals surface area contributed by atoms with Crippen LogP contribution in [0.4, 0.5) is 4.79 Å². The van der Waals surface area contributed by atoms with Crippen molar-refractivity contribution < 1.29 is 28.2 Å². The van der Waals surface area contributed by atoms with E-state index in [1.807, 2.05) is 25.3 Å². The number of nitrogens with zero attached hydrogens (tertiary/aromatic N) is 3. The average Bonchev–Trinajstić information content (AvgIpc) is 3.39. The number of sulfonamides is 1. The number of aromatic nitrogens is 1. The van der Waals surface area contributed by atoms with Crippen molar-refractivity contribution in [1.82, 2.24) is 13.8 Å². The molecule has 184 valence electrons. The van der Waals surface area contributed by atoms with E-state index in [2.05, 4.69) is 0 Å². The van der Waals surface area contributed by atoms with Gasteiger partial charge in [0.2, 0.25) is 10.0 Å². The maximum Gasteiger partial charge on any atom is 0.414 e. The average molecular weight is 490 g/mol. The molecule has 34 heavy (non-hydrogen) atoms. The minimum atomic E-state index is -3.84. The zero-order chi connectivity index (χ0) is 25.0. The van der Waals surface area contributed by atoms with Gasteiger partial charge in [0.1, 0.15) is 6.10 Å². The summed E-state index contributed by atoms with van der Waals surface area (Å²) in [6.07, 6.45) is -0.904. The molecule has 0 saturated carbocycles. The standard InChI is InChI=1S/C24H31N3O6S/c1-15-19(20-17(27(15)24(2,3)4)11-14-26(22(20)29)23(30)31)21(28)16-9-5-6-10-18(16)34(32,33)25-12-7-8-13-25/h5-6,9-10,21,28H,7-8,11-14H2,1-4H3,(H,30,31). The summed E-state index contributed by atoms with van der Waals surface area (Å²) in [4.78, 5) is 25.7. The fourth-order valence-corrected chi connectivity index (χ4v) is 7.04. The minimum Gasteiger partial charge on any atom is -0.465 e. The van der Waals surface area contributed by atoms with Crippen LogP contribution >= 0.6 is 0 Å². The molecule has 0 spiro atoms. The first kappa shape index (κ1) is 24.4. The van der Waals surface area contributed by atoms with Gasteiger partial charge in [0, 0.05) is 54.1 Å². The number of carbonyl (C=O) groups excluding carboxylic acids is 1. The SMILES string of the molecule is Cc1c(C(O)c2ccccc2S(=O)(=O)N2CCCC2)c2c(n1C(C)(C)C)CCN(C(=O)O)C2=O. The molecule has 0 radical (unpaired) electrons. The van der Waals surface area contributed by atoms with Crippen molar-refractivity contribution in [2.24, 2.45) is 0 Å². The third-order valence-corrected chi connectivity index (χ3v) is 8.63. The van der Waals surface area contributed by atoms with E-state index in [0.717, 1.165) is 17.7 Å². The van der Waals surface area contributed by atoms with Gasteiger partial charge in [-0.05, 0) is 46.6 Å². The number of hydrogen-bond donors (Lipinski definition) is 2. The lowest BCUT2D eigenvalue weighted by molar-refractivity contribution is 0.0719. The minimum absolute atomic E-state index is 0.000548. The van der Waals surface area contributed by atoms with E-state index in [1.165, 1.54) is 10.4 Å². The lowest BCUT2D eigenvalue weighted by atomic mass is 9.94. The summed E-state index contributed by atoms with van der Waals surface area (Å²) < 4.78 is 30.2. The molecule has 1 atom stereocenters.